The van der Waals surface area contributed by atoms with Crippen LogP contribution >= 0.6 is 27.3 Å². The fraction of sp³-hybridized carbons (Fsp3) is 0.0909. The summed E-state index contributed by atoms with van der Waals surface area (Å²) in [5.74, 6) is -0.0703. The van der Waals surface area contributed by atoms with Crippen molar-refractivity contribution in [2.24, 2.45) is 0 Å². The topological polar surface area (TPSA) is 43.1 Å². The smallest absolute Gasteiger partial charge is 0.124 e. The fourth-order valence-corrected chi connectivity index (χ4v) is 4.26. The third kappa shape index (κ3) is 3.14. The highest BCUT2D eigenvalue weighted by atomic mass is 79.9. The molecule has 17 heavy (non-hydrogen) atoms. The first-order valence-electron chi connectivity index (χ1n) is 4.74. The summed E-state index contributed by atoms with van der Waals surface area (Å²) >= 11 is 4.85. The molecule has 1 aromatic carbocycles. The van der Waals surface area contributed by atoms with Gasteiger partial charge in [0, 0.05) is 10.6 Å². The van der Waals surface area contributed by atoms with Gasteiger partial charge in [-0.3, -0.25) is 4.21 Å². The Kier molecular flexibility index (Phi) is 3.96. The van der Waals surface area contributed by atoms with E-state index < -0.39 is 16.6 Å². The second-order valence-electron chi connectivity index (χ2n) is 3.38. The molecule has 2 N–H and O–H groups in total. The fourth-order valence-electron chi connectivity index (χ4n) is 1.34. The van der Waals surface area contributed by atoms with E-state index in [0.29, 0.717) is 16.3 Å². The molecule has 2 nitrogen and oxygen atoms in total. The van der Waals surface area contributed by atoms with Gasteiger partial charge in [0.1, 0.15) is 5.82 Å². The van der Waals surface area contributed by atoms with Crippen LogP contribution in [0.1, 0.15) is 4.88 Å². The van der Waals surface area contributed by atoms with Gasteiger partial charge in [0.25, 0.3) is 0 Å². The molecule has 0 spiro atoms. The molecule has 0 bridgehead atoms. The lowest BCUT2D eigenvalue weighted by atomic mass is 10.3. The van der Waals surface area contributed by atoms with Crippen molar-refractivity contribution in [2.75, 3.05) is 5.73 Å². The van der Waals surface area contributed by atoms with E-state index in [1.807, 2.05) is 12.1 Å². The maximum atomic E-state index is 13.1. The number of benzene rings is 1. The number of anilines is 1. The summed E-state index contributed by atoms with van der Waals surface area (Å²) in [6.45, 7) is 0. The van der Waals surface area contributed by atoms with Gasteiger partial charge in [-0.25, -0.2) is 4.39 Å². The second kappa shape index (κ2) is 5.29. The van der Waals surface area contributed by atoms with E-state index in [4.69, 9.17) is 5.73 Å². The predicted molar refractivity (Wildman–Crippen MR) is 72.9 cm³/mol. The average molecular weight is 334 g/mol. The number of thiophene rings is 1. The molecular formula is C11H9BrFNOS2. The maximum Gasteiger partial charge on any atom is 0.124 e. The van der Waals surface area contributed by atoms with E-state index in [9.17, 15) is 8.60 Å². The highest BCUT2D eigenvalue weighted by Crippen LogP contribution is 2.26. The minimum Gasteiger partial charge on any atom is -0.398 e. The summed E-state index contributed by atoms with van der Waals surface area (Å²) < 4.78 is 26.1. The van der Waals surface area contributed by atoms with Crippen LogP contribution < -0.4 is 5.73 Å². The maximum absolute atomic E-state index is 13.1. The molecule has 90 valence electrons. The summed E-state index contributed by atoms with van der Waals surface area (Å²) in [5, 5.41) is 0. The van der Waals surface area contributed by atoms with E-state index in [-0.39, 0.29) is 0 Å². The Hall–Kier alpha value is -0.720. The summed E-state index contributed by atoms with van der Waals surface area (Å²) in [6, 6.07) is 7.72. The summed E-state index contributed by atoms with van der Waals surface area (Å²) in [7, 11) is -1.32. The van der Waals surface area contributed by atoms with E-state index in [1.54, 1.807) is 0 Å². The molecule has 0 aliphatic rings. The minimum atomic E-state index is -1.32. The van der Waals surface area contributed by atoms with E-state index in [1.165, 1.54) is 29.5 Å². The molecule has 1 aromatic heterocycles. The SMILES string of the molecule is Nc1ccc(F)cc1S(=O)Cc1ccc(Br)s1. The van der Waals surface area contributed by atoms with Gasteiger partial charge in [-0.15, -0.1) is 11.3 Å². The summed E-state index contributed by atoms with van der Waals surface area (Å²) in [4.78, 5) is 1.33. The first-order valence-corrected chi connectivity index (χ1v) is 7.67. The minimum absolute atomic E-state index is 0.351. The van der Waals surface area contributed by atoms with E-state index >= 15 is 0 Å². The van der Waals surface area contributed by atoms with Gasteiger partial charge in [-0.05, 0) is 46.3 Å². The van der Waals surface area contributed by atoms with Crippen molar-refractivity contribution >= 4 is 43.8 Å². The van der Waals surface area contributed by atoms with Crippen molar-refractivity contribution in [3.63, 3.8) is 0 Å². The van der Waals surface area contributed by atoms with Crippen molar-refractivity contribution in [1.82, 2.24) is 0 Å². The van der Waals surface area contributed by atoms with Crippen LogP contribution in [0.15, 0.2) is 39.0 Å². The van der Waals surface area contributed by atoms with Gasteiger partial charge in [0.15, 0.2) is 0 Å². The van der Waals surface area contributed by atoms with Crippen LogP contribution in [0, 0.1) is 5.82 Å². The van der Waals surface area contributed by atoms with E-state index in [2.05, 4.69) is 15.9 Å². The van der Waals surface area contributed by atoms with Gasteiger partial charge < -0.3 is 5.73 Å². The second-order valence-corrected chi connectivity index (χ2v) is 7.34. The molecule has 1 atom stereocenters. The van der Waals surface area contributed by atoms with Crippen LogP contribution in [0.2, 0.25) is 0 Å². The largest absolute Gasteiger partial charge is 0.398 e. The quantitative estimate of drug-likeness (QED) is 0.873. The molecule has 2 rings (SSSR count). The molecule has 0 fully saturated rings. The Morgan fingerprint density at radius 1 is 1.35 bits per heavy atom. The number of nitrogen functional groups attached to an aromatic ring is 1. The van der Waals surface area contributed by atoms with E-state index in [0.717, 1.165) is 8.66 Å². The van der Waals surface area contributed by atoms with Gasteiger partial charge in [0.05, 0.1) is 25.2 Å². The van der Waals surface area contributed by atoms with Crippen LogP contribution in [0.5, 0.6) is 0 Å². The zero-order valence-electron chi connectivity index (χ0n) is 8.65. The summed E-state index contributed by atoms with van der Waals surface area (Å²) in [5.41, 5.74) is 6.05. The zero-order valence-corrected chi connectivity index (χ0v) is 11.9. The van der Waals surface area contributed by atoms with Crippen molar-refractivity contribution in [3.8, 4) is 0 Å². The van der Waals surface area contributed by atoms with Crippen LogP contribution in [0.4, 0.5) is 10.1 Å². The number of rotatable bonds is 3. The third-order valence-electron chi connectivity index (χ3n) is 2.12. The molecule has 2 aromatic rings. The lowest BCUT2D eigenvalue weighted by Crippen LogP contribution is -2.00. The van der Waals surface area contributed by atoms with Crippen LogP contribution in [-0.2, 0) is 16.6 Å². The number of hydrogen-bond acceptors (Lipinski definition) is 3. The number of halogens is 2. The Morgan fingerprint density at radius 3 is 2.76 bits per heavy atom. The van der Waals surface area contributed by atoms with Crippen LogP contribution in [0.3, 0.4) is 0 Å². The number of hydrogen-bond donors (Lipinski definition) is 1. The molecule has 0 radical (unpaired) electrons. The molecule has 1 heterocycles. The predicted octanol–water partition coefficient (Wildman–Crippen LogP) is 3.54. The molecular weight excluding hydrogens is 325 g/mol. The first-order chi connectivity index (χ1) is 8.06. The highest BCUT2D eigenvalue weighted by Gasteiger charge is 2.11. The molecule has 6 heteroatoms. The van der Waals surface area contributed by atoms with Crippen molar-refractivity contribution < 1.29 is 8.60 Å². The number of nitrogens with two attached hydrogens (primary N) is 1. The Labute approximate surface area is 113 Å². The molecule has 0 amide bonds. The molecule has 0 saturated heterocycles. The van der Waals surface area contributed by atoms with Gasteiger partial charge in [-0.1, -0.05) is 0 Å². The molecule has 1 unspecified atom stereocenters. The Bertz CT molecular complexity index is 570. The average Bonchev–Trinajstić information content (AvgIpc) is 2.67. The third-order valence-corrected chi connectivity index (χ3v) is 5.35. The Balaban J connectivity index is 2.22. The lowest BCUT2D eigenvalue weighted by Gasteiger charge is -2.04. The highest BCUT2D eigenvalue weighted by molar-refractivity contribution is 9.11. The van der Waals surface area contributed by atoms with Crippen molar-refractivity contribution in [3.05, 3.63) is 44.8 Å². The summed E-state index contributed by atoms with van der Waals surface area (Å²) in [6.07, 6.45) is 0. The van der Waals surface area contributed by atoms with Crippen LogP contribution in [-0.4, -0.2) is 4.21 Å². The monoisotopic (exact) mass is 333 g/mol. The first kappa shape index (κ1) is 12.7. The van der Waals surface area contributed by atoms with Crippen molar-refractivity contribution in [2.45, 2.75) is 10.6 Å². The molecule has 0 saturated carbocycles. The molecule has 0 aliphatic heterocycles. The standard InChI is InChI=1S/C11H9BrFNOS2/c12-11-4-2-8(16-11)6-17(15)10-5-7(13)1-3-9(10)14/h1-5H,6,14H2. The van der Waals surface area contributed by atoms with Crippen LogP contribution in [0.25, 0.3) is 0 Å². The lowest BCUT2D eigenvalue weighted by molar-refractivity contribution is 0.623. The van der Waals surface area contributed by atoms with Crippen molar-refractivity contribution in [1.29, 1.82) is 0 Å². The van der Waals surface area contributed by atoms with Gasteiger partial charge in [0.2, 0.25) is 0 Å². The van der Waals surface area contributed by atoms with Gasteiger partial charge in [-0.2, -0.15) is 0 Å². The normalized spacial score (nSPS) is 12.6. The zero-order chi connectivity index (χ0) is 12.4. The molecule has 0 aliphatic carbocycles. The Morgan fingerprint density at radius 2 is 2.12 bits per heavy atom. The van der Waals surface area contributed by atoms with Gasteiger partial charge >= 0.3 is 0 Å².